The number of Topliss-reactive ketones (excluding diaryl/α,β-unsaturated/α-hetero) is 1. The molecule has 0 spiro atoms. The number of carbonyl (C=O) groups is 2. The summed E-state index contributed by atoms with van der Waals surface area (Å²) in [6.07, 6.45) is 0. The van der Waals surface area contributed by atoms with Crippen LogP contribution in [0.25, 0.3) is 5.76 Å². The van der Waals surface area contributed by atoms with Crippen molar-refractivity contribution in [2.24, 2.45) is 0 Å². The van der Waals surface area contributed by atoms with Crippen molar-refractivity contribution in [3.05, 3.63) is 95.6 Å². The Morgan fingerprint density at radius 3 is 2.12 bits per heavy atom. The summed E-state index contributed by atoms with van der Waals surface area (Å²) in [5.74, 6) is -0.334. The molecule has 0 aromatic heterocycles. The molecule has 1 aliphatic heterocycles. The SMILES string of the molecule is CCOc1ccc(N2C(=O)C(=O)/C(=C(\O)c3ccccc3)C2c2ccc(OC)cc2)cc1. The van der Waals surface area contributed by atoms with E-state index in [1.807, 2.05) is 13.0 Å². The number of aliphatic hydroxyl groups excluding tert-OH is 1. The highest BCUT2D eigenvalue weighted by Gasteiger charge is 2.46. The number of hydrogen-bond acceptors (Lipinski definition) is 5. The maximum atomic E-state index is 13.1. The molecular formula is C26H23NO5. The summed E-state index contributed by atoms with van der Waals surface area (Å²) in [7, 11) is 1.57. The molecule has 1 aliphatic rings. The predicted molar refractivity (Wildman–Crippen MR) is 122 cm³/mol. The number of benzene rings is 3. The Hall–Kier alpha value is -4.06. The molecule has 3 aromatic rings. The highest BCUT2D eigenvalue weighted by Crippen LogP contribution is 2.42. The van der Waals surface area contributed by atoms with Gasteiger partial charge in [0.15, 0.2) is 0 Å². The van der Waals surface area contributed by atoms with Crippen LogP contribution in [-0.2, 0) is 9.59 Å². The third-order valence-corrected chi connectivity index (χ3v) is 5.35. The van der Waals surface area contributed by atoms with E-state index in [1.165, 1.54) is 4.90 Å². The van der Waals surface area contributed by atoms with Crippen LogP contribution in [0.5, 0.6) is 11.5 Å². The Balaban J connectivity index is 1.87. The lowest BCUT2D eigenvalue weighted by Gasteiger charge is -2.25. The smallest absolute Gasteiger partial charge is 0.300 e. The summed E-state index contributed by atoms with van der Waals surface area (Å²) < 4.78 is 10.7. The number of methoxy groups -OCH3 is 1. The van der Waals surface area contributed by atoms with Gasteiger partial charge in [0, 0.05) is 11.3 Å². The second-order valence-electron chi connectivity index (χ2n) is 7.24. The van der Waals surface area contributed by atoms with E-state index in [0.717, 1.165) is 0 Å². The van der Waals surface area contributed by atoms with Gasteiger partial charge in [-0.05, 0) is 48.9 Å². The molecule has 32 heavy (non-hydrogen) atoms. The van der Waals surface area contributed by atoms with Gasteiger partial charge in [-0.15, -0.1) is 0 Å². The number of carbonyl (C=O) groups excluding carboxylic acids is 2. The standard InChI is InChI=1S/C26H23NO5/c1-3-32-21-15-11-19(12-16-21)27-23(17-9-13-20(31-2)14-10-17)22(25(29)26(27)30)24(28)18-7-5-4-6-8-18/h4-16,23,28H,3H2,1-2H3/b24-22-. The van der Waals surface area contributed by atoms with Crippen molar-refractivity contribution >= 4 is 23.1 Å². The van der Waals surface area contributed by atoms with Crippen LogP contribution < -0.4 is 14.4 Å². The molecule has 1 atom stereocenters. The van der Waals surface area contributed by atoms with Crippen LogP contribution in [0.1, 0.15) is 24.1 Å². The summed E-state index contributed by atoms with van der Waals surface area (Å²) in [5, 5.41) is 11.1. The minimum Gasteiger partial charge on any atom is -0.507 e. The molecule has 1 N–H and O–H groups in total. The van der Waals surface area contributed by atoms with Crippen LogP contribution in [-0.4, -0.2) is 30.5 Å². The summed E-state index contributed by atoms with van der Waals surface area (Å²) >= 11 is 0. The maximum Gasteiger partial charge on any atom is 0.300 e. The summed E-state index contributed by atoms with van der Waals surface area (Å²) in [6.45, 7) is 2.41. The Labute approximate surface area is 186 Å². The summed E-state index contributed by atoms with van der Waals surface area (Å²) in [4.78, 5) is 27.7. The average molecular weight is 429 g/mol. The minimum absolute atomic E-state index is 0.0419. The highest BCUT2D eigenvalue weighted by atomic mass is 16.5. The van der Waals surface area contributed by atoms with E-state index in [-0.39, 0.29) is 11.3 Å². The molecular weight excluding hydrogens is 406 g/mol. The second kappa shape index (κ2) is 8.98. The molecule has 6 heteroatoms. The fraction of sp³-hybridized carbons (Fsp3) is 0.154. The quantitative estimate of drug-likeness (QED) is 0.349. The molecule has 1 unspecified atom stereocenters. The molecule has 3 aromatic carbocycles. The van der Waals surface area contributed by atoms with Crippen molar-refractivity contribution in [1.82, 2.24) is 0 Å². The van der Waals surface area contributed by atoms with Crippen LogP contribution in [0, 0.1) is 0 Å². The zero-order valence-corrected chi connectivity index (χ0v) is 17.8. The molecule has 1 fully saturated rings. The Kier molecular flexibility index (Phi) is 5.94. The molecule has 0 bridgehead atoms. The van der Waals surface area contributed by atoms with E-state index in [1.54, 1.807) is 79.9 Å². The van der Waals surface area contributed by atoms with Crippen LogP contribution >= 0.6 is 0 Å². The number of nitrogens with zero attached hydrogens (tertiary/aromatic N) is 1. The van der Waals surface area contributed by atoms with E-state index in [0.29, 0.717) is 34.9 Å². The molecule has 162 valence electrons. The van der Waals surface area contributed by atoms with Crippen LogP contribution in [0.4, 0.5) is 5.69 Å². The Morgan fingerprint density at radius 2 is 1.53 bits per heavy atom. The summed E-state index contributed by atoms with van der Waals surface area (Å²) in [6, 6.07) is 22.0. The van der Waals surface area contributed by atoms with E-state index in [4.69, 9.17) is 9.47 Å². The third kappa shape index (κ3) is 3.83. The second-order valence-corrected chi connectivity index (χ2v) is 7.24. The first-order valence-electron chi connectivity index (χ1n) is 10.3. The molecule has 0 radical (unpaired) electrons. The van der Waals surface area contributed by atoms with Gasteiger partial charge in [-0.1, -0.05) is 42.5 Å². The van der Waals surface area contributed by atoms with Crippen molar-refractivity contribution in [2.75, 3.05) is 18.6 Å². The number of ether oxygens (including phenoxy) is 2. The lowest BCUT2D eigenvalue weighted by molar-refractivity contribution is -0.132. The van der Waals surface area contributed by atoms with Gasteiger partial charge in [0.25, 0.3) is 11.7 Å². The largest absolute Gasteiger partial charge is 0.507 e. The highest BCUT2D eigenvalue weighted by molar-refractivity contribution is 6.51. The zero-order valence-electron chi connectivity index (χ0n) is 17.8. The van der Waals surface area contributed by atoms with E-state index < -0.39 is 17.7 Å². The van der Waals surface area contributed by atoms with E-state index in [2.05, 4.69) is 0 Å². The summed E-state index contributed by atoms with van der Waals surface area (Å²) in [5.41, 5.74) is 1.72. The number of rotatable bonds is 6. The van der Waals surface area contributed by atoms with Gasteiger partial charge in [-0.25, -0.2) is 0 Å². The zero-order chi connectivity index (χ0) is 22.7. The number of anilines is 1. The molecule has 0 saturated carbocycles. The minimum atomic E-state index is -0.793. The van der Waals surface area contributed by atoms with Crippen LogP contribution in [0.15, 0.2) is 84.4 Å². The first kappa shape index (κ1) is 21.2. The molecule has 1 amide bonds. The number of ketones is 1. The fourth-order valence-electron chi connectivity index (χ4n) is 3.82. The molecule has 1 heterocycles. The van der Waals surface area contributed by atoms with Crippen molar-refractivity contribution < 1.29 is 24.2 Å². The van der Waals surface area contributed by atoms with Gasteiger partial charge < -0.3 is 14.6 Å². The third-order valence-electron chi connectivity index (χ3n) is 5.35. The van der Waals surface area contributed by atoms with Crippen molar-refractivity contribution in [3.63, 3.8) is 0 Å². The normalized spacial score (nSPS) is 17.4. The van der Waals surface area contributed by atoms with Gasteiger partial charge in [0.2, 0.25) is 0 Å². The average Bonchev–Trinajstić information content (AvgIpc) is 3.10. The van der Waals surface area contributed by atoms with Gasteiger partial charge >= 0.3 is 0 Å². The van der Waals surface area contributed by atoms with Gasteiger partial charge in [-0.3, -0.25) is 14.5 Å². The topological polar surface area (TPSA) is 76.1 Å². The number of amides is 1. The molecule has 1 saturated heterocycles. The lowest BCUT2D eigenvalue weighted by Crippen LogP contribution is -2.29. The predicted octanol–water partition coefficient (Wildman–Crippen LogP) is 4.72. The fourth-order valence-corrected chi connectivity index (χ4v) is 3.82. The Bertz CT molecular complexity index is 1150. The van der Waals surface area contributed by atoms with E-state index in [9.17, 15) is 14.7 Å². The molecule has 6 nitrogen and oxygen atoms in total. The van der Waals surface area contributed by atoms with Crippen molar-refractivity contribution in [1.29, 1.82) is 0 Å². The van der Waals surface area contributed by atoms with Gasteiger partial charge in [-0.2, -0.15) is 0 Å². The van der Waals surface area contributed by atoms with Gasteiger partial charge in [0.1, 0.15) is 17.3 Å². The van der Waals surface area contributed by atoms with Crippen molar-refractivity contribution in [2.45, 2.75) is 13.0 Å². The van der Waals surface area contributed by atoms with Crippen molar-refractivity contribution in [3.8, 4) is 11.5 Å². The first-order chi connectivity index (χ1) is 15.5. The van der Waals surface area contributed by atoms with Crippen LogP contribution in [0.2, 0.25) is 0 Å². The van der Waals surface area contributed by atoms with Gasteiger partial charge in [0.05, 0.1) is 25.3 Å². The van der Waals surface area contributed by atoms with Crippen LogP contribution in [0.3, 0.4) is 0 Å². The number of aliphatic hydroxyl groups is 1. The lowest BCUT2D eigenvalue weighted by atomic mass is 9.95. The van der Waals surface area contributed by atoms with E-state index >= 15 is 0 Å². The number of hydrogen-bond donors (Lipinski definition) is 1. The maximum absolute atomic E-state index is 13.1. The monoisotopic (exact) mass is 429 g/mol. The Morgan fingerprint density at radius 1 is 0.906 bits per heavy atom. The molecule has 0 aliphatic carbocycles. The molecule has 4 rings (SSSR count). The first-order valence-corrected chi connectivity index (χ1v) is 10.3.